The lowest BCUT2D eigenvalue weighted by Gasteiger charge is -2.20. The van der Waals surface area contributed by atoms with Gasteiger partial charge < -0.3 is 15.3 Å². The van der Waals surface area contributed by atoms with Gasteiger partial charge in [-0.3, -0.25) is 4.79 Å². The Bertz CT molecular complexity index is 431. The van der Waals surface area contributed by atoms with E-state index in [1.807, 2.05) is 19.1 Å². The van der Waals surface area contributed by atoms with Gasteiger partial charge >= 0.3 is 12.0 Å². The summed E-state index contributed by atoms with van der Waals surface area (Å²) in [7, 11) is 0. The zero-order chi connectivity index (χ0) is 14.3. The van der Waals surface area contributed by atoms with Gasteiger partial charge in [0.05, 0.1) is 6.54 Å². The molecule has 1 aromatic rings. The molecule has 0 aromatic carbocycles. The van der Waals surface area contributed by atoms with Crippen molar-refractivity contribution in [3.8, 4) is 0 Å². The van der Waals surface area contributed by atoms with E-state index in [1.165, 1.54) is 9.78 Å². The Balaban J connectivity index is 2.49. The number of urea groups is 1. The first-order valence-corrected chi connectivity index (χ1v) is 7.20. The lowest BCUT2D eigenvalue weighted by molar-refractivity contribution is -0.137. The predicted octanol–water partition coefficient (Wildman–Crippen LogP) is 2.32. The molecule has 2 amide bonds. The van der Waals surface area contributed by atoms with Crippen LogP contribution in [-0.2, 0) is 17.8 Å². The van der Waals surface area contributed by atoms with E-state index < -0.39 is 5.97 Å². The molecule has 1 rings (SSSR count). The summed E-state index contributed by atoms with van der Waals surface area (Å²) in [5.41, 5.74) is 0. The molecule has 0 aliphatic rings. The lowest BCUT2D eigenvalue weighted by atomic mass is 10.3. The highest BCUT2D eigenvalue weighted by Crippen LogP contribution is 2.16. The third-order valence-electron chi connectivity index (χ3n) is 2.59. The first-order valence-electron chi connectivity index (χ1n) is 6.39. The van der Waals surface area contributed by atoms with Gasteiger partial charge in [-0.25, -0.2) is 4.79 Å². The van der Waals surface area contributed by atoms with Crippen molar-refractivity contribution in [2.24, 2.45) is 0 Å². The fourth-order valence-electron chi connectivity index (χ4n) is 1.67. The van der Waals surface area contributed by atoms with Gasteiger partial charge in [0.1, 0.15) is 6.54 Å². The predicted molar refractivity (Wildman–Crippen MR) is 75.4 cm³/mol. The quantitative estimate of drug-likeness (QED) is 0.807. The van der Waals surface area contributed by atoms with Crippen molar-refractivity contribution in [3.63, 3.8) is 0 Å². The molecule has 5 nitrogen and oxygen atoms in total. The van der Waals surface area contributed by atoms with Crippen LogP contribution in [0.3, 0.4) is 0 Å². The number of nitrogens with one attached hydrogen (secondary N) is 1. The molecule has 0 radical (unpaired) electrons. The Morgan fingerprint density at radius 3 is 2.53 bits per heavy atom. The minimum absolute atomic E-state index is 0.260. The normalized spacial score (nSPS) is 10.2. The maximum Gasteiger partial charge on any atom is 0.323 e. The Morgan fingerprint density at radius 1 is 1.32 bits per heavy atom. The number of hydrogen-bond acceptors (Lipinski definition) is 3. The highest BCUT2D eigenvalue weighted by Gasteiger charge is 2.15. The van der Waals surface area contributed by atoms with Crippen LogP contribution < -0.4 is 5.32 Å². The Labute approximate surface area is 117 Å². The van der Waals surface area contributed by atoms with E-state index in [0.29, 0.717) is 13.1 Å². The Hall–Kier alpha value is -1.56. The van der Waals surface area contributed by atoms with E-state index in [0.717, 1.165) is 17.7 Å². The van der Waals surface area contributed by atoms with Gasteiger partial charge in [0.25, 0.3) is 0 Å². The molecule has 0 bridgehead atoms. The molecule has 106 valence electrons. The number of nitrogens with zero attached hydrogens (tertiary/aromatic N) is 1. The third kappa shape index (κ3) is 5.30. The molecule has 6 heteroatoms. The summed E-state index contributed by atoms with van der Waals surface area (Å²) < 4.78 is 0. The highest BCUT2D eigenvalue weighted by molar-refractivity contribution is 7.11. The number of aliphatic carboxylic acids is 1. The van der Waals surface area contributed by atoms with Crippen LogP contribution in [0.2, 0.25) is 0 Å². The number of carbonyl (C=O) groups is 2. The van der Waals surface area contributed by atoms with Crippen LogP contribution in [0.1, 0.15) is 30.0 Å². The summed E-state index contributed by atoms with van der Waals surface area (Å²) in [6.45, 7) is 4.63. The van der Waals surface area contributed by atoms with Gasteiger partial charge in [-0.05, 0) is 25.0 Å². The van der Waals surface area contributed by atoms with E-state index in [-0.39, 0.29) is 12.6 Å². The average molecular weight is 284 g/mol. The summed E-state index contributed by atoms with van der Waals surface area (Å²) in [4.78, 5) is 26.2. The average Bonchev–Trinajstić information content (AvgIpc) is 2.83. The smallest absolute Gasteiger partial charge is 0.323 e. The van der Waals surface area contributed by atoms with Gasteiger partial charge in [-0.2, -0.15) is 0 Å². The molecular formula is C13H20N2O3S. The number of thiophene rings is 1. The molecule has 0 aliphatic carbocycles. The van der Waals surface area contributed by atoms with E-state index in [2.05, 4.69) is 12.2 Å². The Kier molecular flexibility index (Phi) is 6.35. The summed E-state index contributed by atoms with van der Waals surface area (Å²) in [5, 5.41) is 11.5. The molecule has 0 aliphatic heterocycles. The fourth-order valence-corrected chi connectivity index (χ4v) is 2.57. The number of aryl methyl sites for hydroxylation is 1. The maximum atomic E-state index is 11.9. The largest absolute Gasteiger partial charge is 0.480 e. The minimum atomic E-state index is -0.993. The van der Waals surface area contributed by atoms with Crippen molar-refractivity contribution < 1.29 is 14.7 Å². The topological polar surface area (TPSA) is 69.6 Å². The fraction of sp³-hybridized carbons (Fsp3) is 0.538. The van der Waals surface area contributed by atoms with Gasteiger partial charge in [0, 0.05) is 16.3 Å². The minimum Gasteiger partial charge on any atom is -0.480 e. The summed E-state index contributed by atoms with van der Waals surface area (Å²) in [5.74, 6) is -0.993. The number of carbonyl (C=O) groups excluding carboxylic acids is 1. The van der Waals surface area contributed by atoms with Crippen LogP contribution in [0.15, 0.2) is 12.1 Å². The third-order valence-corrected chi connectivity index (χ3v) is 3.82. The maximum absolute atomic E-state index is 11.9. The molecule has 0 unspecified atom stereocenters. The number of carboxylic acid groups (broad SMARTS) is 1. The van der Waals surface area contributed by atoms with Crippen LogP contribution >= 0.6 is 11.3 Å². The lowest BCUT2D eigenvalue weighted by Crippen LogP contribution is -2.42. The summed E-state index contributed by atoms with van der Waals surface area (Å²) in [6, 6.07) is 3.72. The van der Waals surface area contributed by atoms with Crippen molar-refractivity contribution in [3.05, 3.63) is 21.9 Å². The van der Waals surface area contributed by atoms with Crippen molar-refractivity contribution in [2.45, 2.75) is 33.2 Å². The summed E-state index contributed by atoms with van der Waals surface area (Å²) in [6.07, 6.45) is 1.72. The van der Waals surface area contributed by atoms with Crippen LogP contribution in [0.4, 0.5) is 4.79 Å². The number of amides is 2. The molecule has 1 heterocycles. The van der Waals surface area contributed by atoms with Crippen LogP contribution in [-0.4, -0.2) is 35.1 Å². The number of rotatable bonds is 7. The first kappa shape index (κ1) is 15.5. The van der Waals surface area contributed by atoms with Gasteiger partial charge in [-0.1, -0.05) is 13.8 Å². The zero-order valence-corrected chi connectivity index (χ0v) is 12.1. The van der Waals surface area contributed by atoms with Crippen molar-refractivity contribution in [2.75, 3.05) is 13.1 Å². The Morgan fingerprint density at radius 2 is 2.00 bits per heavy atom. The molecule has 19 heavy (non-hydrogen) atoms. The van der Waals surface area contributed by atoms with Crippen LogP contribution in [0.5, 0.6) is 0 Å². The first-order chi connectivity index (χ1) is 9.06. The second kappa shape index (κ2) is 7.78. The zero-order valence-electron chi connectivity index (χ0n) is 11.3. The van der Waals surface area contributed by atoms with E-state index in [4.69, 9.17) is 5.11 Å². The highest BCUT2D eigenvalue weighted by atomic mass is 32.1. The van der Waals surface area contributed by atoms with Crippen LogP contribution in [0.25, 0.3) is 0 Å². The number of carboxylic acids is 1. The molecule has 0 spiro atoms. The van der Waals surface area contributed by atoms with Gasteiger partial charge in [-0.15, -0.1) is 11.3 Å². The standard InChI is InChI=1S/C13H20N2O3S/c1-3-7-15(9-12(16)17)13(18)14-8-11-6-5-10(4-2)19-11/h5-6H,3-4,7-9H2,1-2H3,(H,14,18)(H,16,17). The van der Waals surface area contributed by atoms with Crippen LogP contribution in [0, 0.1) is 0 Å². The molecule has 0 saturated heterocycles. The number of hydrogen-bond donors (Lipinski definition) is 2. The molecule has 2 N–H and O–H groups in total. The van der Waals surface area contributed by atoms with Crippen molar-refractivity contribution >= 4 is 23.3 Å². The summed E-state index contributed by atoms with van der Waals surface area (Å²) >= 11 is 1.66. The second-order valence-corrected chi connectivity index (χ2v) is 5.45. The molecule has 1 aromatic heterocycles. The molecule has 0 saturated carbocycles. The van der Waals surface area contributed by atoms with Crippen molar-refractivity contribution in [1.82, 2.24) is 10.2 Å². The SMILES string of the molecule is CCCN(CC(=O)O)C(=O)NCc1ccc(CC)s1. The molecule has 0 atom stereocenters. The van der Waals surface area contributed by atoms with Crippen molar-refractivity contribution in [1.29, 1.82) is 0 Å². The van der Waals surface area contributed by atoms with E-state index in [9.17, 15) is 9.59 Å². The van der Waals surface area contributed by atoms with Gasteiger partial charge in [0.15, 0.2) is 0 Å². The van der Waals surface area contributed by atoms with E-state index >= 15 is 0 Å². The van der Waals surface area contributed by atoms with Gasteiger partial charge in [0.2, 0.25) is 0 Å². The molecule has 0 fully saturated rings. The van der Waals surface area contributed by atoms with E-state index in [1.54, 1.807) is 11.3 Å². The second-order valence-electron chi connectivity index (χ2n) is 4.20. The molecular weight excluding hydrogens is 264 g/mol. The monoisotopic (exact) mass is 284 g/mol.